The fourth-order valence-corrected chi connectivity index (χ4v) is 6.78. The van der Waals surface area contributed by atoms with Crippen molar-refractivity contribution in [1.82, 2.24) is 0 Å². The Labute approximate surface area is 140 Å². The molecule has 0 saturated heterocycles. The van der Waals surface area contributed by atoms with Crippen LogP contribution in [0.2, 0.25) is 0 Å². The number of aryl methyl sites for hydroxylation is 2. The minimum Gasteiger partial charge on any atom is -0.326 e. The fraction of sp³-hybridized carbons (Fsp3) is 0.667. The van der Waals surface area contributed by atoms with Gasteiger partial charge >= 0.3 is 0 Å². The van der Waals surface area contributed by atoms with E-state index < -0.39 is 0 Å². The largest absolute Gasteiger partial charge is 0.326 e. The predicted molar refractivity (Wildman–Crippen MR) is 94.4 cm³/mol. The van der Waals surface area contributed by atoms with Crippen LogP contribution in [0.4, 0.5) is 5.69 Å². The number of nitrogens with one attached hydrogen (secondary N) is 1. The van der Waals surface area contributed by atoms with E-state index in [1.54, 1.807) is 0 Å². The molecular weight excluding hydrogens is 282 g/mol. The maximum Gasteiger partial charge on any atom is 0.230 e. The second-order valence-corrected chi connectivity index (χ2v) is 9.66. The van der Waals surface area contributed by atoms with E-state index in [-0.39, 0.29) is 11.3 Å². The highest BCUT2D eigenvalue weighted by Gasteiger charge is 2.62. The predicted octanol–water partition coefficient (Wildman–Crippen LogP) is 5.24. The van der Waals surface area contributed by atoms with Gasteiger partial charge < -0.3 is 5.32 Å². The maximum atomic E-state index is 13.2. The number of anilines is 1. The topological polar surface area (TPSA) is 29.1 Å². The highest BCUT2D eigenvalue weighted by atomic mass is 16.2. The molecule has 0 radical (unpaired) electrons. The highest BCUT2D eigenvalue weighted by Crippen LogP contribution is 2.69. The van der Waals surface area contributed by atoms with Crippen molar-refractivity contribution in [2.45, 2.75) is 66.2 Å². The van der Waals surface area contributed by atoms with Crippen molar-refractivity contribution in [3.05, 3.63) is 29.3 Å². The molecule has 0 aliphatic heterocycles. The van der Waals surface area contributed by atoms with E-state index in [1.807, 2.05) is 6.07 Å². The molecule has 1 amide bonds. The van der Waals surface area contributed by atoms with Gasteiger partial charge in [0.1, 0.15) is 0 Å². The summed E-state index contributed by atoms with van der Waals surface area (Å²) in [5.74, 6) is 1.04. The van der Waals surface area contributed by atoms with Crippen molar-refractivity contribution >= 4 is 11.6 Å². The average molecular weight is 311 g/mol. The van der Waals surface area contributed by atoms with Gasteiger partial charge in [-0.15, -0.1) is 0 Å². The summed E-state index contributed by atoms with van der Waals surface area (Å²) in [6.07, 6.45) is 7.26. The molecule has 4 fully saturated rings. The van der Waals surface area contributed by atoms with Crippen molar-refractivity contribution in [3.8, 4) is 0 Å². The maximum absolute atomic E-state index is 13.2. The van der Waals surface area contributed by atoms with E-state index in [1.165, 1.54) is 30.4 Å². The van der Waals surface area contributed by atoms with Crippen LogP contribution in [0.1, 0.15) is 63.5 Å². The molecule has 1 aromatic rings. The molecule has 5 rings (SSSR count). The van der Waals surface area contributed by atoms with Crippen LogP contribution in [0.25, 0.3) is 0 Å². The van der Waals surface area contributed by atoms with Gasteiger partial charge in [0.05, 0.1) is 5.41 Å². The summed E-state index contributed by atoms with van der Waals surface area (Å²) in [7, 11) is 0. The first-order valence-corrected chi connectivity index (χ1v) is 9.10. The van der Waals surface area contributed by atoms with E-state index in [9.17, 15) is 4.79 Å². The van der Waals surface area contributed by atoms with Gasteiger partial charge in [0.25, 0.3) is 0 Å². The third-order valence-corrected chi connectivity index (χ3v) is 6.87. The number of carbonyl (C=O) groups is 1. The summed E-state index contributed by atoms with van der Waals surface area (Å²) in [6, 6.07) is 6.26. The summed E-state index contributed by atoms with van der Waals surface area (Å²) in [5.41, 5.74) is 4.12. The molecule has 0 heterocycles. The van der Waals surface area contributed by atoms with Gasteiger partial charge in [-0.05, 0) is 92.4 Å². The first kappa shape index (κ1) is 15.2. The molecule has 124 valence electrons. The van der Waals surface area contributed by atoms with Gasteiger partial charge in [-0.1, -0.05) is 19.9 Å². The lowest BCUT2D eigenvalue weighted by Crippen LogP contribution is -2.58. The van der Waals surface area contributed by atoms with Gasteiger partial charge in [-0.2, -0.15) is 0 Å². The lowest BCUT2D eigenvalue weighted by molar-refractivity contribution is -0.165. The Morgan fingerprint density at radius 3 is 2.22 bits per heavy atom. The van der Waals surface area contributed by atoms with Crippen LogP contribution >= 0.6 is 0 Å². The standard InChI is InChI=1S/C21H29NO/c1-14-5-6-17(7-15(14)2)22-18(23)21-10-16-8-19(3,12-21)11-20(4,9-16)13-21/h5-7,16H,8-13H2,1-4H3,(H,22,23). The number of rotatable bonds is 2. The number of amides is 1. The van der Waals surface area contributed by atoms with Crippen molar-refractivity contribution in [1.29, 1.82) is 0 Å². The number of carbonyl (C=O) groups excluding carboxylic acids is 1. The third-order valence-electron chi connectivity index (χ3n) is 6.87. The minimum absolute atomic E-state index is 0.123. The van der Waals surface area contributed by atoms with Crippen LogP contribution < -0.4 is 5.32 Å². The zero-order valence-corrected chi connectivity index (χ0v) is 15.0. The summed E-state index contributed by atoms with van der Waals surface area (Å²) >= 11 is 0. The molecule has 4 aliphatic carbocycles. The van der Waals surface area contributed by atoms with Crippen molar-refractivity contribution in [2.75, 3.05) is 5.32 Å². The van der Waals surface area contributed by atoms with Crippen molar-refractivity contribution in [3.63, 3.8) is 0 Å². The van der Waals surface area contributed by atoms with E-state index in [4.69, 9.17) is 0 Å². The van der Waals surface area contributed by atoms with Crippen LogP contribution in [0, 0.1) is 36.0 Å². The van der Waals surface area contributed by atoms with E-state index in [2.05, 4.69) is 45.1 Å². The van der Waals surface area contributed by atoms with E-state index >= 15 is 0 Å². The Kier molecular flexibility index (Phi) is 3.06. The first-order chi connectivity index (χ1) is 10.7. The molecule has 1 aromatic carbocycles. The molecule has 4 aliphatic rings. The molecule has 1 N–H and O–H groups in total. The zero-order chi connectivity index (χ0) is 16.5. The molecule has 23 heavy (non-hydrogen) atoms. The van der Waals surface area contributed by atoms with Gasteiger partial charge in [0, 0.05) is 5.69 Å². The van der Waals surface area contributed by atoms with Crippen molar-refractivity contribution in [2.24, 2.45) is 22.2 Å². The Morgan fingerprint density at radius 2 is 1.65 bits per heavy atom. The Balaban J connectivity index is 1.61. The van der Waals surface area contributed by atoms with Crippen LogP contribution in [0.3, 0.4) is 0 Å². The quantitative estimate of drug-likeness (QED) is 0.795. The number of benzene rings is 1. The summed E-state index contributed by atoms with van der Waals surface area (Å²) in [6.45, 7) is 9.07. The molecule has 0 aromatic heterocycles. The molecule has 4 saturated carbocycles. The average Bonchev–Trinajstić information content (AvgIpc) is 2.39. The van der Waals surface area contributed by atoms with Crippen LogP contribution in [0.5, 0.6) is 0 Å². The highest BCUT2D eigenvalue weighted by molar-refractivity contribution is 5.96. The first-order valence-electron chi connectivity index (χ1n) is 9.10. The molecule has 2 heteroatoms. The third kappa shape index (κ3) is 2.42. The zero-order valence-electron chi connectivity index (χ0n) is 15.0. The Hall–Kier alpha value is -1.31. The summed E-state index contributed by atoms with van der Waals surface area (Å²) in [5, 5.41) is 3.26. The SMILES string of the molecule is Cc1ccc(NC(=O)C23CC4CC(C)(CC(C)(C4)C2)C3)cc1C. The monoisotopic (exact) mass is 311 g/mol. The molecule has 2 atom stereocenters. The van der Waals surface area contributed by atoms with Crippen LogP contribution in [-0.2, 0) is 4.79 Å². The smallest absolute Gasteiger partial charge is 0.230 e. The minimum atomic E-state index is -0.123. The lowest BCUT2D eigenvalue weighted by atomic mass is 9.40. The Morgan fingerprint density at radius 1 is 1.00 bits per heavy atom. The lowest BCUT2D eigenvalue weighted by Gasteiger charge is -2.64. The summed E-state index contributed by atoms with van der Waals surface area (Å²) in [4.78, 5) is 13.2. The Bertz CT molecular complexity index is 658. The summed E-state index contributed by atoms with van der Waals surface area (Å²) < 4.78 is 0. The molecule has 0 spiro atoms. The fourth-order valence-electron chi connectivity index (χ4n) is 6.78. The van der Waals surface area contributed by atoms with E-state index in [0.29, 0.717) is 10.8 Å². The molecule has 2 nitrogen and oxygen atoms in total. The van der Waals surface area contributed by atoms with Crippen molar-refractivity contribution < 1.29 is 4.79 Å². The van der Waals surface area contributed by atoms with Gasteiger partial charge in [0.15, 0.2) is 0 Å². The normalized spacial score (nSPS) is 41.1. The number of hydrogen-bond donors (Lipinski definition) is 1. The molecular formula is C21H29NO. The number of hydrogen-bond acceptors (Lipinski definition) is 1. The van der Waals surface area contributed by atoms with E-state index in [0.717, 1.165) is 30.9 Å². The molecule has 2 unspecified atom stereocenters. The van der Waals surface area contributed by atoms with Gasteiger partial charge in [-0.25, -0.2) is 0 Å². The molecule has 4 bridgehead atoms. The van der Waals surface area contributed by atoms with Gasteiger partial charge in [0.2, 0.25) is 5.91 Å². The second kappa shape index (κ2) is 4.62. The van der Waals surface area contributed by atoms with Crippen LogP contribution in [-0.4, -0.2) is 5.91 Å². The van der Waals surface area contributed by atoms with Crippen LogP contribution in [0.15, 0.2) is 18.2 Å². The van der Waals surface area contributed by atoms with Gasteiger partial charge in [-0.3, -0.25) is 4.79 Å². The second-order valence-electron chi connectivity index (χ2n) is 9.66.